The molecule has 2 heterocycles. The molecule has 0 atom stereocenters. The second-order valence-electron chi connectivity index (χ2n) is 3.82. The first kappa shape index (κ1) is 16.2. The van der Waals surface area contributed by atoms with Gasteiger partial charge in [0.25, 0.3) is 0 Å². The lowest BCUT2D eigenvalue weighted by Gasteiger charge is -2.06. The van der Waals surface area contributed by atoms with Crippen LogP contribution in [0.4, 0.5) is 14.6 Å². The second-order valence-corrected chi connectivity index (χ2v) is 4.78. The number of thioether (sulfide) groups is 1. The molecule has 2 aromatic rings. The average molecular weight is 326 g/mol. The van der Waals surface area contributed by atoms with Gasteiger partial charge in [-0.1, -0.05) is 11.8 Å². The highest BCUT2D eigenvalue weighted by molar-refractivity contribution is 7.99. The van der Waals surface area contributed by atoms with Crippen LogP contribution in [0.2, 0.25) is 0 Å². The molecule has 0 bridgehead atoms. The number of aliphatic imine (C=N–C) groups is 1. The maximum Gasteiger partial charge on any atom is 0.388 e. The second kappa shape index (κ2) is 7.71. The van der Waals surface area contributed by atoms with Gasteiger partial charge in [-0.15, -0.1) is 10.2 Å². The smallest absolute Gasteiger partial charge is 0.388 e. The predicted octanol–water partition coefficient (Wildman–Crippen LogP) is 2.14. The summed E-state index contributed by atoms with van der Waals surface area (Å²) >= 11 is 1.40. The van der Waals surface area contributed by atoms with Crippen LogP contribution in [0.3, 0.4) is 0 Å². The number of hydrogen-bond donors (Lipinski definition) is 1. The maximum atomic E-state index is 12.1. The number of alkyl halides is 2. The van der Waals surface area contributed by atoms with Gasteiger partial charge < -0.3 is 10.1 Å². The first-order valence-electron chi connectivity index (χ1n) is 6.04. The monoisotopic (exact) mass is 326 g/mol. The van der Waals surface area contributed by atoms with Crippen molar-refractivity contribution < 1.29 is 13.5 Å². The zero-order valence-corrected chi connectivity index (χ0v) is 12.3. The van der Waals surface area contributed by atoms with E-state index < -0.39 is 6.61 Å². The number of rotatable bonds is 7. The average Bonchev–Trinajstić information content (AvgIpc) is 2.53. The lowest BCUT2D eigenvalue weighted by molar-refractivity contribution is -0.0534. The normalized spacial score (nSPS) is 10.7. The summed E-state index contributed by atoms with van der Waals surface area (Å²) < 4.78 is 28.3. The molecule has 1 N–H and O–H groups in total. The number of ether oxygens (including phenoxy) is 1. The summed E-state index contributed by atoms with van der Waals surface area (Å²) in [5, 5.41) is 10.9. The predicted molar refractivity (Wildman–Crippen MR) is 78.7 cm³/mol. The molecular formula is C12H12F2N6OS. The number of nitrogens with one attached hydrogen (secondary N) is 1. The van der Waals surface area contributed by atoms with Crippen molar-refractivity contribution in [2.75, 3.05) is 12.9 Å². The third kappa shape index (κ3) is 4.15. The fourth-order valence-corrected chi connectivity index (χ4v) is 2.14. The van der Waals surface area contributed by atoms with Crippen LogP contribution in [0.25, 0.3) is 11.4 Å². The number of aromatic nitrogens is 4. The molecule has 0 aliphatic carbocycles. The first-order chi connectivity index (χ1) is 10.6. The van der Waals surface area contributed by atoms with Crippen molar-refractivity contribution in [3.63, 3.8) is 0 Å². The molecule has 0 saturated carbocycles. The van der Waals surface area contributed by atoms with Crippen molar-refractivity contribution in [1.29, 1.82) is 0 Å². The molecule has 2 rings (SSSR count). The number of nitrogens with zero attached hydrogens (tertiary/aromatic N) is 5. The number of halogens is 2. The van der Waals surface area contributed by atoms with Crippen LogP contribution in [-0.2, 0) is 0 Å². The van der Waals surface area contributed by atoms with Crippen LogP contribution in [0.5, 0.6) is 5.88 Å². The minimum Gasteiger partial charge on any atom is -0.415 e. The highest BCUT2D eigenvalue weighted by Crippen LogP contribution is 2.27. The van der Waals surface area contributed by atoms with E-state index in [2.05, 4.69) is 41.9 Å². The van der Waals surface area contributed by atoms with Crippen molar-refractivity contribution in [1.82, 2.24) is 25.5 Å². The van der Waals surface area contributed by atoms with E-state index in [9.17, 15) is 8.78 Å². The summed E-state index contributed by atoms with van der Waals surface area (Å²) in [5.41, 5.74) is 0.832. The Morgan fingerprint density at radius 1 is 1.36 bits per heavy atom. The molecule has 116 valence electrons. The van der Waals surface area contributed by atoms with Crippen LogP contribution >= 0.6 is 11.8 Å². The summed E-state index contributed by atoms with van der Waals surface area (Å²) in [6.45, 7) is 0.497. The van der Waals surface area contributed by atoms with E-state index in [0.717, 1.165) is 0 Å². The van der Waals surface area contributed by atoms with Gasteiger partial charge in [0, 0.05) is 11.9 Å². The van der Waals surface area contributed by atoms with E-state index in [0.29, 0.717) is 28.1 Å². The van der Waals surface area contributed by atoms with E-state index in [1.807, 2.05) is 0 Å². The van der Waals surface area contributed by atoms with E-state index in [1.54, 1.807) is 7.05 Å². The van der Waals surface area contributed by atoms with Crippen LogP contribution < -0.4 is 10.1 Å². The Morgan fingerprint density at radius 3 is 2.77 bits per heavy atom. The topological polar surface area (TPSA) is 85.2 Å². The van der Waals surface area contributed by atoms with Crippen LogP contribution in [0.15, 0.2) is 28.3 Å². The molecule has 0 aromatic carbocycles. The van der Waals surface area contributed by atoms with E-state index in [4.69, 9.17) is 0 Å². The highest BCUT2D eigenvalue weighted by atomic mass is 32.2. The fraction of sp³-hybridized carbons (Fsp3) is 0.250. The Balaban J connectivity index is 2.26. The molecular weight excluding hydrogens is 314 g/mol. The molecule has 0 radical (unpaired) electrons. The van der Waals surface area contributed by atoms with Crippen molar-refractivity contribution in [3.8, 4) is 17.3 Å². The van der Waals surface area contributed by atoms with Gasteiger partial charge in [-0.25, -0.2) is 15.0 Å². The quantitative estimate of drug-likeness (QED) is 0.474. The van der Waals surface area contributed by atoms with Crippen molar-refractivity contribution in [2.24, 2.45) is 4.99 Å². The zero-order valence-electron chi connectivity index (χ0n) is 11.5. The minimum absolute atomic E-state index is 0.263. The van der Waals surface area contributed by atoms with Crippen LogP contribution in [-0.4, -0.2) is 46.4 Å². The van der Waals surface area contributed by atoms with E-state index >= 15 is 0 Å². The van der Waals surface area contributed by atoms with E-state index in [-0.39, 0.29) is 5.88 Å². The highest BCUT2D eigenvalue weighted by Gasteiger charge is 2.11. The lowest BCUT2D eigenvalue weighted by Crippen LogP contribution is -2.05. The van der Waals surface area contributed by atoms with Gasteiger partial charge in [-0.05, 0) is 19.8 Å². The summed E-state index contributed by atoms with van der Waals surface area (Å²) in [7, 11) is 1.80. The fourth-order valence-electron chi connectivity index (χ4n) is 1.45. The number of hydrogen-bond acceptors (Lipinski definition) is 8. The lowest BCUT2D eigenvalue weighted by atomic mass is 10.3. The van der Waals surface area contributed by atoms with Gasteiger partial charge in [0.2, 0.25) is 5.88 Å². The van der Waals surface area contributed by atoms with Gasteiger partial charge in [-0.2, -0.15) is 8.78 Å². The molecule has 0 saturated heterocycles. The summed E-state index contributed by atoms with van der Waals surface area (Å²) in [4.78, 5) is 12.3. The molecule has 7 nitrogen and oxygen atoms in total. The molecule has 22 heavy (non-hydrogen) atoms. The summed E-state index contributed by atoms with van der Waals surface area (Å²) in [5.74, 6) is 0.767. The van der Waals surface area contributed by atoms with Crippen LogP contribution in [0.1, 0.15) is 0 Å². The van der Waals surface area contributed by atoms with Gasteiger partial charge in [0.1, 0.15) is 16.4 Å². The summed E-state index contributed by atoms with van der Waals surface area (Å²) in [6, 6.07) is 2.76. The van der Waals surface area contributed by atoms with E-state index in [1.165, 1.54) is 30.1 Å². The largest absolute Gasteiger partial charge is 0.415 e. The van der Waals surface area contributed by atoms with Gasteiger partial charge in [0.05, 0.1) is 6.20 Å². The van der Waals surface area contributed by atoms with Gasteiger partial charge >= 0.3 is 6.61 Å². The van der Waals surface area contributed by atoms with Crippen LogP contribution in [0, 0.1) is 0 Å². The van der Waals surface area contributed by atoms with Gasteiger partial charge in [0.15, 0.2) is 5.82 Å². The van der Waals surface area contributed by atoms with Crippen molar-refractivity contribution in [3.05, 3.63) is 18.3 Å². The zero-order chi connectivity index (χ0) is 15.9. The SMILES string of the molecule is C=Nc1ncc(-c2ccc(OC(F)F)nn2)nc1SCNC. The third-order valence-corrected chi connectivity index (χ3v) is 3.32. The minimum atomic E-state index is -2.94. The first-order valence-corrected chi connectivity index (χ1v) is 7.02. The van der Waals surface area contributed by atoms with Crippen molar-refractivity contribution in [2.45, 2.75) is 11.6 Å². The molecule has 10 heteroatoms. The Hall–Kier alpha value is -2.20. The Morgan fingerprint density at radius 2 is 2.18 bits per heavy atom. The third-order valence-electron chi connectivity index (χ3n) is 2.34. The Labute approximate surface area is 129 Å². The standard InChI is InChI=1S/C12H12F2N6OS/c1-15-6-22-11-10(16-2)17-5-8(18-11)7-3-4-9(20-19-7)21-12(13)14/h3-5,12,15H,2,6H2,1H3. The molecule has 0 aliphatic heterocycles. The molecule has 0 spiro atoms. The molecule has 0 fully saturated rings. The molecule has 0 amide bonds. The Bertz CT molecular complexity index is 640. The maximum absolute atomic E-state index is 12.1. The molecule has 0 aliphatic rings. The van der Waals surface area contributed by atoms with Crippen molar-refractivity contribution >= 4 is 24.3 Å². The molecule has 0 unspecified atom stereocenters. The van der Waals surface area contributed by atoms with Gasteiger partial charge in [-0.3, -0.25) is 0 Å². The Kier molecular flexibility index (Phi) is 5.67. The molecule has 2 aromatic heterocycles. The summed E-state index contributed by atoms with van der Waals surface area (Å²) in [6.07, 6.45) is 1.46.